The summed E-state index contributed by atoms with van der Waals surface area (Å²) in [4.78, 5) is 4.15. The van der Waals surface area contributed by atoms with Crippen molar-refractivity contribution in [3.8, 4) is 0 Å². The van der Waals surface area contributed by atoms with Crippen molar-refractivity contribution in [3.63, 3.8) is 0 Å². The Hall–Kier alpha value is -1.37. The van der Waals surface area contributed by atoms with Gasteiger partial charge in [0, 0.05) is 6.20 Å². The van der Waals surface area contributed by atoms with Crippen LogP contribution in [0.5, 0.6) is 0 Å². The molecular formula is C9H6N-. The van der Waals surface area contributed by atoms with Gasteiger partial charge in [-0.05, 0) is 11.6 Å². The second-order valence-electron chi connectivity index (χ2n) is 2.12. The molecule has 2 rings (SSSR count). The SMILES string of the molecule is [c-]1ccc2cccnc2c1. The molecule has 0 amide bonds. The van der Waals surface area contributed by atoms with Gasteiger partial charge >= 0.3 is 0 Å². The lowest BCUT2D eigenvalue weighted by molar-refractivity contribution is 1.41. The fourth-order valence-corrected chi connectivity index (χ4v) is 0.956. The third-order valence-electron chi connectivity index (χ3n) is 1.45. The highest BCUT2D eigenvalue weighted by Gasteiger charge is 1.77. The summed E-state index contributed by atoms with van der Waals surface area (Å²) in [6.07, 6.45) is 1.79. The Morgan fingerprint density at radius 3 is 3.20 bits per heavy atom. The lowest BCUT2D eigenvalue weighted by atomic mass is 10.2. The highest BCUT2D eigenvalue weighted by molar-refractivity contribution is 5.77. The summed E-state index contributed by atoms with van der Waals surface area (Å²) >= 11 is 0. The van der Waals surface area contributed by atoms with E-state index >= 15 is 0 Å². The van der Waals surface area contributed by atoms with Crippen molar-refractivity contribution in [2.24, 2.45) is 0 Å². The Labute approximate surface area is 59.3 Å². The molecule has 1 aromatic heterocycles. The van der Waals surface area contributed by atoms with E-state index in [-0.39, 0.29) is 0 Å². The standard InChI is InChI=1S/C9H6N/c1-2-6-9-8(4-1)5-3-7-10-9/h1,3-7H/q-1. The van der Waals surface area contributed by atoms with Gasteiger partial charge in [-0.25, -0.2) is 0 Å². The highest BCUT2D eigenvalue weighted by Crippen LogP contribution is 2.07. The van der Waals surface area contributed by atoms with Crippen molar-refractivity contribution in [1.29, 1.82) is 0 Å². The van der Waals surface area contributed by atoms with Gasteiger partial charge in [-0.1, -0.05) is 6.07 Å². The zero-order chi connectivity index (χ0) is 6.81. The topological polar surface area (TPSA) is 12.9 Å². The number of aromatic nitrogens is 1. The van der Waals surface area contributed by atoms with Crippen LogP contribution in [0.4, 0.5) is 0 Å². The second kappa shape index (κ2) is 2.10. The number of rotatable bonds is 0. The van der Waals surface area contributed by atoms with Gasteiger partial charge in [0.1, 0.15) is 0 Å². The Morgan fingerprint density at radius 1 is 1.30 bits per heavy atom. The summed E-state index contributed by atoms with van der Waals surface area (Å²) in [6.45, 7) is 0. The number of benzene rings is 1. The van der Waals surface area contributed by atoms with E-state index in [0.717, 1.165) is 5.52 Å². The largest absolute Gasteiger partial charge is 0.321 e. The Morgan fingerprint density at radius 2 is 2.30 bits per heavy atom. The molecule has 1 heteroatoms. The van der Waals surface area contributed by atoms with Crippen LogP contribution >= 0.6 is 0 Å². The zero-order valence-electron chi connectivity index (χ0n) is 5.41. The van der Waals surface area contributed by atoms with Crippen molar-refractivity contribution in [3.05, 3.63) is 42.6 Å². The van der Waals surface area contributed by atoms with E-state index in [1.807, 2.05) is 30.3 Å². The summed E-state index contributed by atoms with van der Waals surface area (Å²) in [5.74, 6) is 0. The van der Waals surface area contributed by atoms with Gasteiger partial charge < -0.3 is 4.98 Å². The third-order valence-corrected chi connectivity index (χ3v) is 1.45. The average molecular weight is 128 g/mol. The molecule has 0 atom stereocenters. The van der Waals surface area contributed by atoms with Crippen molar-refractivity contribution < 1.29 is 0 Å². The maximum Gasteiger partial charge on any atom is 0.0124 e. The monoisotopic (exact) mass is 128 g/mol. The minimum atomic E-state index is 1.00. The van der Waals surface area contributed by atoms with Crippen LogP contribution in [0.1, 0.15) is 0 Å². The minimum absolute atomic E-state index is 1.00. The summed E-state index contributed by atoms with van der Waals surface area (Å²) in [6, 6.07) is 12.7. The van der Waals surface area contributed by atoms with Gasteiger partial charge in [-0.2, -0.15) is 24.3 Å². The smallest absolute Gasteiger partial charge is 0.0124 e. The van der Waals surface area contributed by atoms with E-state index in [1.165, 1.54) is 5.39 Å². The molecule has 1 aromatic carbocycles. The van der Waals surface area contributed by atoms with Crippen molar-refractivity contribution >= 4 is 10.9 Å². The fraction of sp³-hybridized carbons (Fsp3) is 0. The van der Waals surface area contributed by atoms with Crippen molar-refractivity contribution in [2.75, 3.05) is 0 Å². The molecule has 2 aromatic rings. The molecule has 48 valence electrons. The molecule has 1 nitrogen and oxygen atoms in total. The molecule has 0 saturated carbocycles. The second-order valence-corrected chi connectivity index (χ2v) is 2.12. The third kappa shape index (κ3) is 0.760. The van der Waals surface area contributed by atoms with Crippen LogP contribution in [0.25, 0.3) is 10.9 Å². The molecule has 1 heterocycles. The molecule has 0 aliphatic carbocycles. The van der Waals surface area contributed by atoms with Gasteiger partial charge in [0.2, 0.25) is 0 Å². The predicted octanol–water partition coefficient (Wildman–Crippen LogP) is 2.03. The molecule has 0 radical (unpaired) electrons. The highest BCUT2D eigenvalue weighted by atomic mass is 14.6. The van der Waals surface area contributed by atoms with E-state index < -0.39 is 0 Å². The maximum absolute atomic E-state index is 4.15. The summed E-state index contributed by atoms with van der Waals surface area (Å²) < 4.78 is 0. The predicted molar refractivity (Wildman–Crippen MR) is 40.6 cm³/mol. The van der Waals surface area contributed by atoms with Gasteiger partial charge in [0.05, 0.1) is 0 Å². The first-order valence-corrected chi connectivity index (χ1v) is 3.18. The molecule has 0 fully saturated rings. The molecule has 0 spiro atoms. The normalized spacial score (nSPS) is 10.0. The van der Waals surface area contributed by atoms with Crippen LogP contribution in [0.2, 0.25) is 0 Å². The van der Waals surface area contributed by atoms with Gasteiger partial charge in [0.15, 0.2) is 0 Å². The number of pyridine rings is 1. The Balaban J connectivity index is 2.89. The minimum Gasteiger partial charge on any atom is -0.321 e. The quantitative estimate of drug-likeness (QED) is 0.495. The molecule has 0 aliphatic rings. The zero-order valence-corrected chi connectivity index (χ0v) is 5.41. The summed E-state index contributed by atoms with van der Waals surface area (Å²) in [7, 11) is 0. The first-order valence-electron chi connectivity index (χ1n) is 3.18. The fourth-order valence-electron chi connectivity index (χ4n) is 0.956. The number of fused-ring (bicyclic) bond motifs is 1. The van der Waals surface area contributed by atoms with Crippen molar-refractivity contribution in [1.82, 2.24) is 4.98 Å². The van der Waals surface area contributed by atoms with Gasteiger partial charge in [-0.15, -0.1) is 5.39 Å². The van der Waals surface area contributed by atoms with E-state index in [9.17, 15) is 0 Å². The van der Waals surface area contributed by atoms with Gasteiger partial charge in [0.25, 0.3) is 0 Å². The Bertz CT molecular complexity index is 276. The lowest BCUT2D eigenvalue weighted by Crippen LogP contribution is -1.73. The van der Waals surface area contributed by atoms with Crippen LogP contribution in [0.15, 0.2) is 36.5 Å². The first kappa shape index (κ1) is 5.42. The van der Waals surface area contributed by atoms with Crippen molar-refractivity contribution in [2.45, 2.75) is 0 Å². The van der Waals surface area contributed by atoms with E-state index in [1.54, 1.807) is 6.20 Å². The molecular weight excluding hydrogens is 122 g/mol. The Kier molecular flexibility index (Phi) is 1.14. The van der Waals surface area contributed by atoms with Crippen LogP contribution < -0.4 is 0 Å². The van der Waals surface area contributed by atoms with Crippen LogP contribution in [-0.4, -0.2) is 4.98 Å². The summed E-state index contributed by atoms with van der Waals surface area (Å²) in [5.41, 5.74) is 1.00. The summed E-state index contributed by atoms with van der Waals surface area (Å²) in [5, 5.41) is 1.17. The molecule has 0 N–H and O–H groups in total. The number of nitrogens with zero attached hydrogens (tertiary/aromatic N) is 1. The molecule has 0 bridgehead atoms. The van der Waals surface area contributed by atoms with Gasteiger partial charge in [-0.3, -0.25) is 0 Å². The maximum atomic E-state index is 4.15. The molecule has 10 heavy (non-hydrogen) atoms. The first-order chi connectivity index (χ1) is 4.97. The average Bonchev–Trinajstić information content (AvgIpc) is 2.05. The molecule has 0 unspecified atom stereocenters. The van der Waals surface area contributed by atoms with Crippen LogP contribution in [-0.2, 0) is 0 Å². The van der Waals surface area contributed by atoms with Crippen LogP contribution in [0.3, 0.4) is 0 Å². The number of hydrogen-bond acceptors (Lipinski definition) is 1. The molecule has 0 saturated heterocycles. The number of hydrogen-bond donors (Lipinski definition) is 0. The van der Waals surface area contributed by atoms with E-state index in [2.05, 4.69) is 11.1 Å². The van der Waals surface area contributed by atoms with Crippen LogP contribution in [0, 0.1) is 6.07 Å². The van der Waals surface area contributed by atoms with E-state index in [4.69, 9.17) is 0 Å². The lowest BCUT2D eigenvalue weighted by Gasteiger charge is -2.00. The van der Waals surface area contributed by atoms with E-state index in [0.29, 0.717) is 0 Å². The molecule has 0 aliphatic heterocycles.